The van der Waals surface area contributed by atoms with Crippen molar-refractivity contribution in [3.8, 4) is 0 Å². The largest absolute Gasteiger partial charge is 0.372 e. The topological polar surface area (TPSA) is 39.1 Å². The summed E-state index contributed by atoms with van der Waals surface area (Å²) in [6.07, 6.45) is 5.91. The third-order valence-electron chi connectivity index (χ3n) is 4.28. The summed E-state index contributed by atoms with van der Waals surface area (Å²) in [6, 6.07) is 1.11. The van der Waals surface area contributed by atoms with E-state index in [1.54, 1.807) is 0 Å². The Morgan fingerprint density at radius 3 is 3.05 bits per heavy atom. The highest BCUT2D eigenvalue weighted by Crippen LogP contribution is 2.32. The van der Waals surface area contributed by atoms with Crippen LogP contribution in [0.5, 0.6) is 0 Å². The molecule has 106 valence electrons. The minimum atomic E-state index is 0.181. The van der Waals surface area contributed by atoms with Crippen LogP contribution in [0, 0.1) is 6.92 Å². The summed E-state index contributed by atoms with van der Waals surface area (Å²) < 4.78 is 7.90. The predicted molar refractivity (Wildman–Crippen MR) is 78.5 cm³/mol. The van der Waals surface area contributed by atoms with Gasteiger partial charge in [0.2, 0.25) is 0 Å². The predicted octanol–water partition coefficient (Wildman–Crippen LogP) is 2.04. The maximum atomic E-state index is 5.96. The van der Waals surface area contributed by atoms with Crippen LogP contribution in [0.25, 0.3) is 0 Å². The second-order valence-corrected chi connectivity index (χ2v) is 6.73. The van der Waals surface area contributed by atoms with Crippen LogP contribution in [-0.2, 0) is 11.8 Å². The van der Waals surface area contributed by atoms with E-state index in [1.165, 1.54) is 35.6 Å². The Morgan fingerprint density at radius 1 is 1.47 bits per heavy atom. The average molecular weight is 281 g/mol. The normalized spacial score (nSPS) is 31.8. The lowest BCUT2D eigenvalue weighted by molar-refractivity contribution is 0.0960. The first-order valence-electron chi connectivity index (χ1n) is 7.19. The quantitative estimate of drug-likeness (QED) is 0.920. The number of rotatable bonds is 3. The smallest absolute Gasteiger partial charge is 0.101 e. The minimum Gasteiger partial charge on any atom is -0.372 e. The number of nitrogens with one attached hydrogen (secondary N) is 1. The van der Waals surface area contributed by atoms with Crippen LogP contribution in [0.4, 0.5) is 0 Å². The van der Waals surface area contributed by atoms with Crippen LogP contribution < -0.4 is 5.32 Å². The molecule has 1 aromatic rings. The zero-order valence-electron chi connectivity index (χ0n) is 11.8. The molecule has 0 spiro atoms. The van der Waals surface area contributed by atoms with E-state index in [9.17, 15) is 0 Å². The Labute approximate surface area is 119 Å². The van der Waals surface area contributed by atoms with Gasteiger partial charge >= 0.3 is 0 Å². The molecular formula is C14H23N3OS. The third-order valence-corrected chi connectivity index (χ3v) is 5.50. The molecule has 2 aliphatic heterocycles. The monoisotopic (exact) mass is 281 g/mol. The van der Waals surface area contributed by atoms with Gasteiger partial charge in [-0.05, 0) is 31.9 Å². The number of hydrogen-bond donors (Lipinski definition) is 1. The second kappa shape index (κ2) is 5.85. The van der Waals surface area contributed by atoms with Crippen molar-refractivity contribution in [3.05, 3.63) is 17.5 Å². The van der Waals surface area contributed by atoms with E-state index >= 15 is 0 Å². The molecule has 5 heteroatoms. The SMILES string of the molecule is Cc1c([C@H]2OCC[C@@H]2N[C@H]2CCCSC2)cnn1C. The van der Waals surface area contributed by atoms with Gasteiger partial charge in [-0.3, -0.25) is 4.68 Å². The number of thioether (sulfide) groups is 1. The molecule has 0 saturated carbocycles. The Morgan fingerprint density at radius 2 is 2.37 bits per heavy atom. The van der Waals surface area contributed by atoms with Crippen molar-refractivity contribution in [2.45, 2.75) is 44.4 Å². The number of ether oxygens (including phenoxy) is 1. The van der Waals surface area contributed by atoms with Crippen molar-refractivity contribution in [1.29, 1.82) is 0 Å². The van der Waals surface area contributed by atoms with Gasteiger partial charge in [-0.1, -0.05) is 0 Å². The number of aryl methyl sites for hydroxylation is 1. The highest BCUT2D eigenvalue weighted by atomic mass is 32.2. The fourth-order valence-corrected chi connectivity index (χ4v) is 4.12. The van der Waals surface area contributed by atoms with Gasteiger partial charge in [0.05, 0.1) is 6.20 Å². The van der Waals surface area contributed by atoms with E-state index in [0.29, 0.717) is 12.1 Å². The summed E-state index contributed by atoms with van der Waals surface area (Å²) in [5.41, 5.74) is 2.47. The van der Waals surface area contributed by atoms with Crippen molar-refractivity contribution >= 4 is 11.8 Å². The molecule has 0 aliphatic carbocycles. The first kappa shape index (κ1) is 13.5. The molecule has 2 fully saturated rings. The van der Waals surface area contributed by atoms with E-state index in [2.05, 4.69) is 29.1 Å². The summed E-state index contributed by atoms with van der Waals surface area (Å²) in [4.78, 5) is 0. The van der Waals surface area contributed by atoms with Crippen LogP contribution in [0.3, 0.4) is 0 Å². The first-order valence-corrected chi connectivity index (χ1v) is 8.35. The van der Waals surface area contributed by atoms with Gasteiger partial charge in [0.1, 0.15) is 6.10 Å². The molecule has 4 nitrogen and oxygen atoms in total. The molecule has 2 aliphatic rings. The van der Waals surface area contributed by atoms with Crippen LogP contribution in [-0.4, -0.2) is 40.0 Å². The fraction of sp³-hybridized carbons (Fsp3) is 0.786. The maximum absolute atomic E-state index is 5.96. The molecule has 0 radical (unpaired) electrons. The summed E-state index contributed by atoms with van der Waals surface area (Å²) in [7, 11) is 1.99. The lowest BCUT2D eigenvalue weighted by atomic mass is 10.0. The molecule has 0 unspecified atom stereocenters. The fourth-order valence-electron chi connectivity index (χ4n) is 3.04. The maximum Gasteiger partial charge on any atom is 0.101 e. The minimum absolute atomic E-state index is 0.181. The van der Waals surface area contributed by atoms with Crippen LogP contribution in [0.15, 0.2) is 6.20 Å². The number of hydrogen-bond acceptors (Lipinski definition) is 4. The zero-order valence-corrected chi connectivity index (χ0v) is 12.6. The zero-order chi connectivity index (χ0) is 13.2. The van der Waals surface area contributed by atoms with E-state index in [1.807, 2.05) is 17.9 Å². The van der Waals surface area contributed by atoms with Gasteiger partial charge in [0.15, 0.2) is 0 Å². The van der Waals surface area contributed by atoms with Crippen molar-refractivity contribution in [1.82, 2.24) is 15.1 Å². The summed E-state index contributed by atoms with van der Waals surface area (Å²) in [5, 5.41) is 8.17. The number of nitrogens with zero attached hydrogens (tertiary/aromatic N) is 2. The molecule has 2 saturated heterocycles. The van der Waals surface area contributed by atoms with Gasteiger partial charge in [-0.2, -0.15) is 16.9 Å². The Balaban J connectivity index is 1.69. The first-order chi connectivity index (χ1) is 9.25. The summed E-state index contributed by atoms with van der Waals surface area (Å²) >= 11 is 2.07. The van der Waals surface area contributed by atoms with Crippen molar-refractivity contribution in [2.75, 3.05) is 18.1 Å². The van der Waals surface area contributed by atoms with Crippen LogP contribution in [0.1, 0.15) is 36.6 Å². The molecule has 3 atom stereocenters. The van der Waals surface area contributed by atoms with Gasteiger partial charge in [-0.25, -0.2) is 0 Å². The van der Waals surface area contributed by atoms with Crippen molar-refractivity contribution < 1.29 is 4.74 Å². The molecule has 0 bridgehead atoms. The van der Waals surface area contributed by atoms with Crippen LogP contribution >= 0.6 is 11.8 Å². The van der Waals surface area contributed by atoms with E-state index < -0.39 is 0 Å². The summed E-state index contributed by atoms with van der Waals surface area (Å²) in [6.45, 7) is 2.98. The highest BCUT2D eigenvalue weighted by molar-refractivity contribution is 7.99. The van der Waals surface area contributed by atoms with E-state index in [-0.39, 0.29) is 6.10 Å². The van der Waals surface area contributed by atoms with Crippen molar-refractivity contribution in [2.24, 2.45) is 7.05 Å². The third kappa shape index (κ3) is 2.83. The molecule has 0 amide bonds. The van der Waals surface area contributed by atoms with Crippen LogP contribution in [0.2, 0.25) is 0 Å². The molecule has 19 heavy (non-hydrogen) atoms. The lowest BCUT2D eigenvalue weighted by Crippen LogP contribution is -2.42. The Hall–Kier alpha value is -0.520. The van der Waals surface area contributed by atoms with E-state index in [4.69, 9.17) is 4.74 Å². The average Bonchev–Trinajstić information content (AvgIpc) is 2.99. The highest BCUT2D eigenvalue weighted by Gasteiger charge is 2.33. The van der Waals surface area contributed by atoms with Gasteiger partial charge in [-0.15, -0.1) is 0 Å². The van der Waals surface area contributed by atoms with Crippen molar-refractivity contribution in [3.63, 3.8) is 0 Å². The standard InChI is InChI=1S/C14H23N3OS/c1-10-12(8-15-17(10)2)14-13(5-6-18-14)16-11-4-3-7-19-9-11/h8,11,13-14,16H,3-7,9H2,1-2H3/t11-,13-,14+/m0/s1. The lowest BCUT2D eigenvalue weighted by Gasteiger charge is -2.28. The van der Waals surface area contributed by atoms with Gasteiger partial charge < -0.3 is 10.1 Å². The molecule has 3 heterocycles. The number of aromatic nitrogens is 2. The molecule has 1 aromatic heterocycles. The Kier molecular flexibility index (Phi) is 4.15. The second-order valence-electron chi connectivity index (χ2n) is 5.58. The molecular weight excluding hydrogens is 258 g/mol. The Bertz CT molecular complexity index is 428. The summed E-state index contributed by atoms with van der Waals surface area (Å²) in [5.74, 6) is 2.57. The molecule has 3 rings (SSSR count). The van der Waals surface area contributed by atoms with Gasteiger partial charge in [0, 0.05) is 42.7 Å². The van der Waals surface area contributed by atoms with E-state index in [0.717, 1.165) is 13.0 Å². The van der Waals surface area contributed by atoms with Gasteiger partial charge in [0.25, 0.3) is 0 Å². The molecule has 1 N–H and O–H groups in total. The molecule has 0 aromatic carbocycles.